The molecule has 0 bridgehead atoms. The summed E-state index contributed by atoms with van der Waals surface area (Å²) in [6.45, 7) is 0. The van der Waals surface area contributed by atoms with Gasteiger partial charge < -0.3 is 18.8 Å². The lowest BCUT2D eigenvalue weighted by molar-refractivity contribution is 0.0935. The number of aliphatic hydroxyl groups is 1. The Bertz CT molecular complexity index is 3920. The highest BCUT2D eigenvalue weighted by Gasteiger charge is 2.41. The molecule has 1 unspecified atom stereocenters. The lowest BCUT2D eigenvalue weighted by Crippen LogP contribution is -2.28. The van der Waals surface area contributed by atoms with Gasteiger partial charge in [-0.25, -0.2) is 0 Å². The fraction of sp³-hybridized carbons (Fsp3) is 0.0161. The third-order valence-electron chi connectivity index (χ3n) is 14.1. The summed E-state index contributed by atoms with van der Waals surface area (Å²) in [5, 5.41) is 19.4. The average Bonchev–Trinajstić information content (AvgIpc) is 4.10. The van der Waals surface area contributed by atoms with Crippen LogP contribution in [0.4, 0.5) is 5.69 Å². The van der Waals surface area contributed by atoms with Crippen molar-refractivity contribution in [2.24, 2.45) is 0 Å². The maximum atomic E-state index is 15.7. The second kappa shape index (κ2) is 14.8. The van der Waals surface area contributed by atoms with E-state index in [1.54, 1.807) is 4.90 Å². The van der Waals surface area contributed by atoms with Gasteiger partial charge in [-0.05, 0) is 77.4 Å². The molecule has 4 heterocycles. The molecule has 10 aromatic carbocycles. The van der Waals surface area contributed by atoms with Crippen LogP contribution in [0.2, 0.25) is 0 Å². The van der Waals surface area contributed by atoms with Crippen LogP contribution in [0.3, 0.4) is 0 Å². The van der Waals surface area contributed by atoms with Crippen LogP contribution in [0.1, 0.15) is 22.1 Å². The van der Waals surface area contributed by atoms with Crippen LogP contribution < -0.4 is 4.90 Å². The zero-order valence-corrected chi connectivity index (χ0v) is 36.7. The van der Waals surface area contributed by atoms with E-state index in [0.717, 1.165) is 77.5 Å². The lowest BCUT2D eigenvalue weighted by Gasteiger charge is -2.26. The van der Waals surface area contributed by atoms with Crippen LogP contribution in [0, 0.1) is 0 Å². The summed E-state index contributed by atoms with van der Waals surface area (Å²) in [5.41, 5.74) is 14.6. The molecule has 0 aliphatic carbocycles. The lowest BCUT2D eigenvalue weighted by atomic mass is 9.92. The van der Waals surface area contributed by atoms with Crippen molar-refractivity contribution >= 4 is 77.0 Å². The number of rotatable bonds is 6. The molecule has 1 aliphatic rings. The van der Waals surface area contributed by atoms with E-state index in [4.69, 9.17) is 0 Å². The molecule has 1 atom stereocenters. The summed E-state index contributed by atoms with van der Waals surface area (Å²) in [6, 6.07) is 80.0. The van der Waals surface area contributed by atoms with Crippen LogP contribution in [-0.2, 0) is 0 Å². The molecule has 0 spiro atoms. The van der Waals surface area contributed by atoms with Gasteiger partial charge in [0.2, 0.25) is 0 Å². The number of anilines is 1. The minimum Gasteiger partial charge on any atom is -0.369 e. The van der Waals surface area contributed by atoms with Crippen molar-refractivity contribution in [1.29, 1.82) is 0 Å². The highest BCUT2D eigenvalue weighted by Crippen LogP contribution is 2.48. The maximum Gasteiger partial charge on any atom is 0.263 e. The Balaban J connectivity index is 1.04. The summed E-state index contributed by atoms with van der Waals surface area (Å²) in [6.07, 6.45) is -1.24. The van der Waals surface area contributed by atoms with Gasteiger partial charge in [0.05, 0.1) is 50.0 Å². The molecule has 14 rings (SSSR count). The molecule has 6 nitrogen and oxygen atoms in total. The first kappa shape index (κ1) is 38.3. The maximum absolute atomic E-state index is 15.7. The normalized spacial score (nSPS) is 13.8. The summed E-state index contributed by atoms with van der Waals surface area (Å²) in [4.78, 5) is 17.3. The van der Waals surface area contributed by atoms with E-state index in [-0.39, 0.29) is 5.91 Å². The van der Waals surface area contributed by atoms with E-state index in [1.165, 1.54) is 21.5 Å². The zero-order chi connectivity index (χ0) is 45.0. The van der Waals surface area contributed by atoms with E-state index in [0.29, 0.717) is 22.5 Å². The molecule has 1 aliphatic heterocycles. The summed E-state index contributed by atoms with van der Waals surface area (Å²) < 4.78 is 6.93. The van der Waals surface area contributed by atoms with Gasteiger partial charge in [0, 0.05) is 54.8 Å². The molecule has 0 radical (unpaired) electrons. The smallest absolute Gasteiger partial charge is 0.263 e. The van der Waals surface area contributed by atoms with Crippen molar-refractivity contribution in [3.8, 4) is 39.3 Å². The highest BCUT2D eigenvalue weighted by atomic mass is 16.3. The fourth-order valence-electron chi connectivity index (χ4n) is 11.2. The largest absolute Gasteiger partial charge is 0.369 e. The van der Waals surface area contributed by atoms with Crippen molar-refractivity contribution in [3.63, 3.8) is 0 Å². The van der Waals surface area contributed by atoms with Gasteiger partial charge in [-0.1, -0.05) is 170 Å². The third kappa shape index (κ3) is 5.46. The van der Waals surface area contributed by atoms with Gasteiger partial charge in [-0.2, -0.15) is 0 Å². The Hall–Kier alpha value is -8.97. The minimum absolute atomic E-state index is 0.266. The zero-order valence-electron chi connectivity index (χ0n) is 36.7. The summed E-state index contributed by atoms with van der Waals surface area (Å²) in [7, 11) is 0. The Morgan fingerprint density at radius 3 is 1.28 bits per heavy atom. The number of aliphatic hydroxyl groups excluding tert-OH is 1. The number of para-hydroxylation sites is 4. The van der Waals surface area contributed by atoms with Crippen molar-refractivity contribution in [2.75, 3.05) is 4.90 Å². The molecule has 3 aromatic heterocycles. The van der Waals surface area contributed by atoms with Crippen molar-refractivity contribution in [3.05, 3.63) is 242 Å². The van der Waals surface area contributed by atoms with Gasteiger partial charge in [0.15, 0.2) is 6.23 Å². The molecule has 0 fully saturated rings. The highest BCUT2D eigenvalue weighted by molar-refractivity contribution is 6.18. The van der Waals surface area contributed by atoms with E-state index in [1.807, 2.05) is 66.7 Å². The third-order valence-corrected chi connectivity index (χ3v) is 14.1. The van der Waals surface area contributed by atoms with Crippen LogP contribution in [-0.4, -0.2) is 24.7 Å². The number of nitrogens with zero attached hydrogens (tertiary/aromatic N) is 4. The first-order chi connectivity index (χ1) is 33.6. The second-order valence-corrected chi connectivity index (χ2v) is 17.7. The number of fused-ring (bicyclic) bond motifs is 10. The number of hydrogen-bond acceptors (Lipinski definition) is 2. The van der Waals surface area contributed by atoms with Gasteiger partial charge in [-0.15, -0.1) is 0 Å². The van der Waals surface area contributed by atoms with E-state index < -0.39 is 6.23 Å². The molecular formula is C62H40N4O2. The number of hydrogen-bond donors (Lipinski definition) is 1. The second-order valence-electron chi connectivity index (χ2n) is 17.7. The topological polar surface area (TPSA) is 55.3 Å². The molecule has 0 saturated heterocycles. The van der Waals surface area contributed by atoms with Gasteiger partial charge in [-0.3, -0.25) is 9.69 Å². The SMILES string of the molecule is O=C1c2c(cccc2-n2c3cc(-n4c5ccccc5c5ccccc54)ccc3c3ccc(-n4c5ccccc5c5ccccc54)cc32)C(O)N1c1cccc(-c2ccccc2)c1-c1ccccc1. The minimum atomic E-state index is -1.24. The molecule has 0 saturated carbocycles. The molecule has 320 valence electrons. The Kier molecular flexibility index (Phi) is 8.32. The van der Waals surface area contributed by atoms with Crippen molar-refractivity contribution < 1.29 is 9.90 Å². The Labute approximate surface area is 391 Å². The monoisotopic (exact) mass is 872 g/mol. The molecular weight excluding hydrogens is 833 g/mol. The molecule has 68 heavy (non-hydrogen) atoms. The number of benzene rings is 10. The summed E-state index contributed by atoms with van der Waals surface area (Å²) in [5.74, 6) is -0.266. The average molecular weight is 873 g/mol. The molecule has 1 N–H and O–H groups in total. The Morgan fingerprint density at radius 1 is 0.338 bits per heavy atom. The quantitative estimate of drug-likeness (QED) is 0.181. The predicted octanol–water partition coefficient (Wildman–Crippen LogP) is 15.0. The van der Waals surface area contributed by atoms with E-state index in [2.05, 4.69) is 177 Å². The van der Waals surface area contributed by atoms with Crippen LogP contribution in [0.5, 0.6) is 0 Å². The number of carbonyl (C=O) groups is 1. The molecule has 1 amide bonds. The summed E-state index contributed by atoms with van der Waals surface area (Å²) >= 11 is 0. The fourth-order valence-corrected chi connectivity index (χ4v) is 11.2. The van der Waals surface area contributed by atoms with Crippen molar-refractivity contribution in [2.45, 2.75) is 6.23 Å². The number of aromatic nitrogens is 3. The van der Waals surface area contributed by atoms with Crippen LogP contribution in [0.25, 0.3) is 105 Å². The number of amides is 1. The first-order valence-corrected chi connectivity index (χ1v) is 23.1. The van der Waals surface area contributed by atoms with Gasteiger partial charge in [0.25, 0.3) is 5.91 Å². The van der Waals surface area contributed by atoms with Gasteiger partial charge in [0.1, 0.15) is 0 Å². The van der Waals surface area contributed by atoms with Gasteiger partial charge >= 0.3 is 0 Å². The number of carbonyl (C=O) groups excluding carboxylic acids is 1. The molecule has 13 aromatic rings. The van der Waals surface area contributed by atoms with Crippen LogP contribution >= 0.6 is 0 Å². The van der Waals surface area contributed by atoms with E-state index >= 15 is 4.79 Å². The Morgan fingerprint density at radius 2 is 0.765 bits per heavy atom. The molecule has 6 heteroatoms. The van der Waals surface area contributed by atoms with E-state index in [9.17, 15) is 5.11 Å². The van der Waals surface area contributed by atoms with Crippen molar-refractivity contribution in [1.82, 2.24) is 13.7 Å². The predicted molar refractivity (Wildman–Crippen MR) is 279 cm³/mol. The van der Waals surface area contributed by atoms with Crippen LogP contribution in [0.15, 0.2) is 231 Å². The standard InChI is InChI=1S/C62H40N4O2/c67-61-50-26-16-32-56(60(50)62(68)66(61)55-31-15-25-43(39-17-3-1-4-18-39)59(55)40-19-5-2-6-20-40)65-57-37-41(63-51-27-11-7-21-44(51)45-22-8-12-28-52(45)63)33-35-48(57)49-36-34-42(38-58(49)65)64-53-29-13-9-23-46(53)47-24-10-14-30-54(47)64/h1-38,61,67H. The first-order valence-electron chi connectivity index (χ1n) is 23.1.